The van der Waals surface area contributed by atoms with Gasteiger partial charge in [-0.15, -0.1) is 0 Å². The van der Waals surface area contributed by atoms with Crippen LogP contribution in [0.4, 0.5) is 0 Å². The van der Waals surface area contributed by atoms with Gasteiger partial charge in [0.25, 0.3) is 0 Å². The molecule has 1 radical (unpaired) electrons. The second-order valence-corrected chi connectivity index (χ2v) is 10.4. The molecule has 3 atom stereocenters. The summed E-state index contributed by atoms with van der Waals surface area (Å²) in [6.45, 7) is 10.7. The molecule has 1 aromatic rings. The average Bonchev–Trinajstić information content (AvgIpc) is 3.26. The van der Waals surface area contributed by atoms with E-state index < -0.39 is 0 Å². The Labute approximate surface area is 182 Å². The lowest BCUT2D eigenvalue weighted by Crippen LogP contribution is -2.68. The third-order valence-electron chi connectivity index (χ3n) is 8.18. The lowest BCUT2D eigenvalue weighted by Gasteiger charge is -2.48. The highest BCUT2D eigenvalue weighted by Crippen LogP contribution is 2.42. The fourth-order valence-corrected chi connectivity index (χ4v) is 6.36. The number of benzene rings is 1. The molecule has 4 heteroatoms. The molecule has 4 saturated heterocycles. The van der Waals surface area contributed by atoms with Crippen LogP contribution in [0.25, 0.3) is 0 Å². The summed E-state index contributed by atoms with van der Waals surface area (Å²) in [6.07, 6.45) is 7.29. The molecule has 30 heavy (non-hydrogen) atoms. The van der Waals surface area contributed by atoms with Gasteiger partial charge in [-0.05, 0) is 80.5 Å². The maximum absolute atomic E-state index is 6.44. The molecule has 0 saturated carbocycles. The number of hydrogen-bond acceptors (Lipinski definition) is 4. The highest BCUT2D eigenvalue weighted by atomic mass is 16.5. The summed E-state index contributed by atoms with van der Waals surface area (Å²) in [5.41, 5.74) is 3.34. The first-order valence-corrected chi connectivity index (χ1v) is 12.2. The maximum Gasteiger partial charge on any atom is 0.0975 e. The molecule has 4 nitrogen and oxygen atoms in total. The number of nitrogens with one attached hydrogen (secondary N) is 1. The molecule has 4 heterocycles. The summed E-state index contributed by atoms with van der Waals surface area (Å²) in [4.78, 5) is 2.74. The molecule has 1 aromatic carbocycles. The number of ether oxygens (including phenoxy) is 2. The molecule has 5 rings (SSSR count). The Bertz CT molecular complexity index is 709. The number of hydrogen-bond donors (Lipinski definition) is 1. The van der Waals surface area contributed by atoms with Crippen molar-refractivity contribution < 1.29 is 9.47 Å². The van der Waals surface area contributed by atoms with E-state index in [9.17, 15) is 0 Å². The van der Waals surface area contributed by atoms with Gasteiger partial charge in [-0.25, -0.2) is 0 Å². The van der Waals surface area contributed by atoms with Crippen LogP contribution in [0, 0.1) is 5.92 Å². The van der Waals surface area contributed by atoms with Crippen molar-refractivity contribution in [3.8, 4) is 0 Å². The Morgan fingerprint density at radius 3 is 2.30 bits per heavy atom. The van der Waals surface area contributed by atoms with Crippen LogP contribution >= 0.6 is 0 Å². The first-order chi connectivity index (χ1) is 14.6. The number of nitrogens with zero attached hydrogens (tertiary/aromatic N) is 1. The van der Waals surface area contributed by atoms with Gasteiger partial charge in [0.05, 0.1) is 12.2 Å². The summed E-state index contributed by atoms with van der Waals surface area (Å²) in [6, 6.07) is 10.4. The van der Waals surface area contributed by atoms with Crippen molar-refractivity contribution in [2.45, 2.75) is 81.9 Å². The summed E-state index contributed by atoms with van der Waals surface area (Å²) in [5, 5.41) is 3.63. The molecule has 0 amide bonds. The van der Waals surface area contributed by atoms with E-state index >= 15 is 0 Å². The van der Waals surface area contributed by atoms with Crippen LogP contribution in [0.15, 0.2) is 24.3 Å². The van der Waals surface area contributed by atoms with E-state index in [4.69, 9.17) is 9.47 Å². The molecule has 165 valence electrons. The molecule has 4 aliphatic heterocycles. The van der Waals surface area contributed by atoms with Gasteiger partial charge in [0.2, 0.25) is 0 Å². The van der Waals surface area contributed by atoms with E-state index in [-0.39, 0.29) is 5.60 Å². The van der Waals surface area contributed by atoms with E-state index in [0.29, 0.717) is 23.9 Å². The Morgan fingerprint density at radius 1 is 1.03 bits per heavy atom. The van der Waals surface area contributed by atoms with Crippen molar-refractivity contribution in [3.05, 3.63) is 41.3 Å². The van der Waals surface area contributed by atoms with Gasteiger partial charge < -0.3 is 14.8 Å². The summed E-state index contributed by atoms with van der Waals surface area (Å²) < 4.78 is 12.0. The van der Waals surface area contributed by atoms with Crippen LogP contribution in [-0.4, -0.2) is 62.0 Å². The van der Waals surface area contributed by atoms with E-state index in [2.05, 4.69) is 48.3 Å². The molecule has 0 aromatic heterocycles. The summed E-state index contributed by atoms with van der Waals surface area (Å²) in [5.74, 6) is 2.91. The van der Waals surface area contributed by atoms with Crippen molar-refractivity contribution in [1.82, 2.24) is 10.2 Å². The molecule has 1 N–H and O–H groups in total. The molecular weight excluding hydrogens is 372 g/mol. The lowest BCUT2D eigenvalue weighted by atomic mass is 9.77. The van der Waals surface area contributed by atoms with E-state index in [0.717, 1.165) is 32.8 Å². The van der Waals surface area contributed by atoms with Gasteiger partial charge in [0, 0.05) is 31.8 Å². The minimum absolute atomic E-state index is 0.106. The second kappa shape index (κ2) is 8.90. The van der Waals surface area contributed by atoms with Crippen LogP contribution < -0.4 is 5.32 Å². The van der Waals surface area contributed by atoms with Crippen LogP contribution in [0.1, 0.15) is 75.3 Å². The van der Waals surface area contributed by atoms with Crippen molar-refractivity contribution in [2.75, 3.05) is 39.5 Å². The molecule has 0 bridgehead atoms. The van der Waals surface area contributed by atoms with Crippen molar-refractivity contribution >= 4 is 0 Å². The normalized spacial score (nSPS) is 34.0. The van der Waals surface area contributed by atoms with Crippen LogP contribution in [-0.2, 0) is 9.47 Å². The van der Waals surface area contributed by atoms with Gasteiger partial charge in [-0.2, -0.15) is 0 Å². The predicted molar refractivity (Wildman–Crippen MR) is 121 cm³/mol. The topological polar surface area (TPSA) is 33.7 Å². The highest BCUT2D eigenvalue weighted by Gasteiger charge is 2.53. The quantitative estimate of drug-likeness (QED) is 0.785. The fraction of sp³-hybridized carbons (Fsp3) is 0.731. The Morgan fingerprint density at radius 2 is 1.70 bits per heavy atom. The van der Waals surface area contributed by atoms with Crippen molar-refractivity contribution in [1.29, 1.82) is 0 Å². The van der Waals surface area contributed by atoms with Gasteiger partial charge in [-0.1, -0.05) is 38.1 Å². The monoisotopic (exact) mass is 411 g/mol. The number of piperidine rings is 1. The third-order valence-corrected chi connectivity index (χ3v) is 8.18. The zero-order valence-corrected chi connectivity index (χ0v) is 18.9. The molecular formula is C26H39N2O2. The minimum Gasteiger partial charge on any atom is -0.381 e. The fourth-order valence-electron chi connectivity index (χ4n) is 6.36. The van der Waals surface area contributed by atoms with E-state index in [1.54, 1.807) is 11.1 Å². The Balaban J connectivity index is 1.19. The van der Waals surface area contributed by atoms with Gasteiger partial charge in [-0.3, -0.25) is 4.90 Å². The predicted octanol–water partition coefficient (Wildman–Crippen LogP) is 4.26. The van der Waals surface area contributed by atoms with Crippen LogP contribution in [0.5, 0.6) is 0 Å². The third kappa shape index (κ3) is 4.09. The molecule has 1 spiro atoms. The van der Waals surface area contributed by atoms with E-state index in [1.807, 2.05) is 0 Å². The van der Waals surface area contributed by atoms with Crippen LogP contribution in [0.2, 0.25) is 0 Å². The second-order valence-electron chi connectivity index (χ2n) is 10.4. The van der Waals surface area contributed by atoms with Gasteiger partial charge in [0.15, 0.2) is 0 Å². The first-order valence-electron chi connectivity index (χ1n) is 12.2. The molecule has 4 fully saturated rings. The maximum atomic E-state index is 6.44. The largest absolute Gasteiger partial charge is 0.381 e. The summed E-state index contributed by atoms with van der Waals surface area (Å²) in [7, 11) is 0. The lowest BCUT2D eigenvalue weighted by molar-refractivity contribution is -0.0782. The number of rotatable bonds is 5. The molecule has 4 aliphatic rings. The molecule has 0 aliphatic carbocycles. The van der Waals surface area contributed by atoms with Crippen molar-refractivity contribution in [2.24, 2.45) is 0 Å². The van der Waals surface area contributed by atoms with Gasteiger partial charge in [0.1, 0.15) is 0 Å². The summed E-state index contributed by atoms with van der Waals surface area (Å²) >= 11 is 0. The standard InChI is InChI=1S/C26H39N2O2/c1-19(2)15-25-26(18-27-25)16-22(17-30-26)28-11-7-20(8-12-28)23-5-3-4-6-24(23)21-9-13-29-14-10-21/h3-6,20-22,25,27H,7-18H2,1-2H3/t22-,25?,26?/m0/s1. The zero-order chi connectivity index (χ0) is 20.6. The number of likely N-dealkylation sites (tertiary alicyclic amines) is 1. The Kier molecular flexibility index (Phi) is 6.21. The smallest absolute Gasteiger partial charge is 0.0975 e. The highest BCUT2D eigenvalue weighted by molar-refractivity contribution is 5.34. The minimum atomic E-state index is 0.106. The van der Waals surface area contributed by atoms with E-state index in [1.165, 1.54) is 51.1 Å². The first kappa shape index (κ1) is 20.9. The van der Waals surface area contributed by atoms with Crippen molar-refractivity contribution in [3.63, 3.8) is 0 Å². The average molecular weight is 412 g/mol. The molecule has 2 unspecified atom stereocenters. The van der Waals surface area contributed by atoms with Crippen LogP contribution in [0.3, 0.4) is 0 Å². The zero-order valence-electron chi connectivity index (χ0n) is 18.9. The Hall–Kier alpha value is -0.940. The SMILES string of the molecule is C[C](C)CC1NCC12C[C@H](N1CCC(c3ccccc3C3CCOCC3)CC1)CO2. The van der Waals surface area contributed by atoms with Gasteiger partial charge >= 0.3 is 0 Å².